The van der Waals surface area contributed by atoms with Crippen LogP contribution < -0.4 is 16.8 Å². The number of aliphatic hydroxyl groups excluding tert-OH is 3. The van der Waals surface area contributed by atoms with Crippen molar-refractivity contribution in [3.63, 3.8) is 0 Å². The van der Waals surface area contributed by atoms with Crippen molar-refractivity contribution in [3.05, 3.63) is 0 Å². The molecule has 5 atom stereocenters. The highest BCUT2D eigenvalue weighted by atomic mass is 16.5. The van der Waals surface area contributed by atoms with Gasteiger partial charge in [0, 0.05) is 0 Å². The van der Waals surface area contributed by atoms with Crippen LogP contribution in [0.25, 0.3) is 0 Å². The predicted molar refractivity (Wildman–Crippen MR) is 57.4 cm³/mol. The molecular weight excluding hydrogens is 214 g/mol. The zero-order valence-electron chi connectivity index (χ0n) is 9.12. The number of nitrogens with two attached hydrogens (primary N) is 2. The zero-order chi connectivity index (χ0) is 12.1. The minimum atomic E-state index is -1.16. The van der Waals surface area contributed by atoms with Gasteiger partial charge in [-0.05, 0) is 19.5 Å². The fraction of sp³-hybridized carbons (Fsp3) is 1.00. The van der Waals surface area contributed by atoms with E-state index in [-0.39, 0.29) is 6.61 Å². The average Bonchev–Trinajstić information content (AvgIpc) is 2.29. The number of hydrogen-bond acceptors (Lipinski definition) is 7. The quantitative estimate of drug-likeness (QED) is 0.275. The number of hydrogen-bond donors (Lipinski definition) is 6. The first-order valence-corrected chi connectivity index (χ1v) is 5.43. The maximum absolute atomic E-state index is 9.64. The van der Waals surface area contributed by atoms with Crippen LogP contribution in [0.5, 0.6) is 0 Å². The molecule has 0 bridgehead atoms. The van der Waals surface area contributed by atoms with Crippen LogP contribution in [0, 0.1) is 0 Å². The zero-order valence-corrected chi connectivity index (χ0v) is 9.12. The fourth-order valence-electron chi connectivity index (χ4n) is 1.67. The van der Waals surface area contributed by atoms with E-state index in [1.165, 1.54) is 0 Å². The van der Waals surface area contributed by atoms with Gasteiger partial charge in [0.2, 0.25) is 0 Å². The third kappa shape index (κ3) is 3.11. The first kappa shape index (κ1) is 13.8. The molecule has 8 N–H and O–H groups in total. The third-order valence-electron chi connectivity index (χ3n) is 2.70. The standard InChI is InChI=1S/C9H21N3O4/c10-2-1-3-12-9-6(11)8(15)7(14)5(4-13)16-9/h5-9,12-15H,1-4,10-11H2/t5-,6-,7+,8+,9-/m1/s1. The van der Waals surface area contributed by atoms with Crippen LogP contribution in [0.2, 0.25) is 0 Å². The van der Waals surface area contributed by atoms with Crippen molar-refractivity contribution in [2.24, 2.45) is 11.5 Å². The van der Waals surface area contributed by atoms with Crippen LogP contribution in [0.1, 0.15) is 6.42 Å². The van der Waals surface area contributed by atoms with Gasteiger partial charge < -0.3 is 31.5 Å². The monoisotopic (exact) mass is 235 g/mol. The van der Waals surface area contributed by atoms with Crippen molar-refractivity contribution in [1.29, 1.82) is 0 Å². The van der Waals surface area contributed by atoms with Crippen LogP contribution in [0.3, 0.4) is 0 Å². The maximum atomic E-state index is 9.64. The van der Waals surface area contributed by atoms with E-state index >= 15 is 0 Å². The lowest BCUT2D eigenvalue weighted by Gasteiger charge is -2.41. The Bertz CT molecular complexity index is 205. The summed E-state index contributed by atoms with van der Waals surface area (Å²) in [6.07, 6.45) is -2.91. The Balaban J connectivity index is 2.50. The second-order valence-electron chi connectivity index (χ2n) is 3.93. The molecular formula is C9H21N3O4. The van der Waals surface area contributed by atoms with E-state index in [4.69, 9.17) is 21.3 Å². The Labute approximate surface area is 94.4 Å². The van der Waals surface area contributed by atoms with E-state index in [1.54, 1.807) is 0 Å². The third-order valence-corrected chi connectivity index (χ3v) is 2.70. The van der Waals surface area contributed by atoms with Crippen LogP contribution in [-0.4, -0.2) is 65.6 Å². The van der Waals surface area contributed by atoms with Crippen molar-refractivity contribution in [2.45, 2.75) is 37.0 Å². The minimum Gasteiger partial charge on any atom is -0.394 e. The van der Waals surface area contributed by atoms with Gasteiger partial charge in [0.05, 0.1) is 12.6 Å². The molecule has 1 saturated heterocycles. The number of rotatable bonds is 5. The molecule has 16 heavy (non-hydrogen) atoms. The Morgan fingerprint density at radius 1 is 1.25 bits per heavy atom. The number of ether oxygens (including phenoxy) is 1. The Hall–Kier alpha value is -0.280. The van der Waals surface area contributed by atoms with Gasteiger partial charge >= 0.3 is 0 Å². The van der Waals surface area contributed by atoms with Crippen LogP contribution in [0.4, 0.5) is 0 Å². The number of aliphatic hydroxyl groups is 3. The molecule has 0 unspecified atom stereocenters. The highest BCUT2D eigenvalue weighted by Crippen LogP contribution is 2.18. The Kier molecular flexibility index (Phi) is 5.56. The summed E-state index contributed by atoms with van der Waals surface area (Å²) in [7, 11) is 0. The molecule has 0 aromatic carbocycles. The molecule has 0 aliphatic carbocycles. The van der Waals surface area contributed by atoms with E-state index in [0.717, 1.165) is 6.42 Å². The summed E-state index contributed by atoms with van der Waals surface area (Å²) in [5.74, 6) is 0. The lowest BCUT2D eigenvalue weighted by molar-refractivity contribution is -0.196. The topological polar surface area (TPSA) is 134 Å². The smallest absolute Gasteiger partial charge is 0.126 e. The lowest BCUT2D eigenvalue weighted by atomic mass is 9.97. The normalized spacial score (nSPS) is 39.9. The lowest BCUT2D eigenvalue weighted by Crippen LogP contribution is -2.65. The second-order valence-corrected chi connectivity index (χ2v) is 3.93. The van der Waals surface area contributed by atoms with Crippen molar-refractivity contribution >= 4 is 0 Å². The van der Waals surface area contributed by atoms with Crippen molar-refractivity contribution < 1.29 is 20.1 Å². The van der Waals surface area contributed by atoms with Gasteiger partial charge in [0.15, 0.2) is 0 Å². The van der Waals surface area contributed by atoms with Crippen molar-refractivity contribution in [1.82, 2.24) is 5.32 Å². The van der Waals surface area contributed by atoms with Gasteiger partial charge in [-0.2, -0.15) is 0 Å². The van der Waals surface area contributed by atoms with E-state index < -0.39 is 30.6 Å². The average molecular weight is 235 g/mol. The molecule has 0 saturated carbocycles. The maximum Gasteiger partial charge on any atom is 0.126 e. The molecule has 1 aliphatic rings. The van der Waals surface area contributed by atoms with Crippen molar-refractivity contribution in [3.8, 4) is 0 Å². The largest absolute Gasteiger partial charge is 0.394 e. The highest BCUT2D eigenvalue weighted by Gasteiger charge is 2.41. The summed E-state index contributed by atoms with van der Waals surface area (Å²) in [5.41, 5.74) is 11.0. The van der Waals surface area contributed by atoms with Gasteiger partial charge in [0.1, 0.15) is 24.5 Å². The van der Waals surface area contributed by atoms with Crippen molar-refractivity contribution in [2.75, 3.05) is 19.7 Å². The van der Waals surface area contributed by atoms with Gasteiger partial charge in [-0.1, -0.05) is 0 Å². The van der Waals surface area contributed by atoms with Crippen LogP contribution >= 0.6 is 0 Å². The Morgan fingerprint density at radius 2 is 1.94 bits per heavy atom. The Morgan fingerprint density at radius 3 is 2.50 bits per heavy atom. The molecule has 0 spiro atoms. The minimum absolute atomic E-state index is 0.361. The SMILES string of the molecule is NCCCN[C@@H]1O[C@H](CO)[C@H](O)[C@@H](O)[C@H]1N. The van der Waals surface area contributed by atoms with Gasteiger partial charge in [0.25, 0.3) is 0 Å². The van der Waals surface area contributed by atoms with E-state index in [2.05, 4.69) is 5.32 Å². The molecule has 1 heterocycles. The molecule has 1 aliphatic heterocycles. The molecule has 7 nitrogen and oxygen atoms in total. The first-order valence-electron chi connectivity index (χ1n) is 5.43. The van der Waals surface area contributed by atoms with E-state index in [9.17, 15) is 10.2 Å². The summed E-state index contributed by atoms with van der Waals surface area (Å²) in [5, 5.41) is 31.1. The van der Waals surface area contributed by atoms with E-state index in [1.807, 2.05) is 0 Å². The van der Waals surface area contributed by atoms with Gasteiger partial charge in [-0.25, -0.2) is 0 Å². The van der Waals surface area contributed by atoms with Crippen LogP contribution in [-0.2, 0) is 4.74 Å². The molecule has 96 valence electrons. The van der Waals surface area contributed by atoms with Gasteiger partial charge in [-0.3, -0.25) is 5.32 Å². The summed E-state index contributed by atoms with van der Waals surface area (Å²) in [6, 6.07) is -0.726. The van der Waals surface area contributed by atoms with Gasteiger partial charge in [-0.15, -0.1) is 0 Å². The summed E-state index contributed by atoms with van der Waals surface area (Å²) < 4.78 is 5.34. The summed E-state index contributed by atoms with van der Waals surface area (Å²) in [4.78, 5) is 0. The fourth-order valence-corrected chi connectivity index (χ4v) is 1.67. The molecule has 0 amide bonds. The molecule has 0 aromatic rings. The number of nitrogens with one attached hydrogen (secondary N) is 1. The summed E-state index contributed by atoms with van der Waals surface area (Å²) >= 11 is 0. The predicted octanol–water partition coefficient (Wildman–Crippen LogP) is -3.31. The summed E-state index contributed by atoms with van der Waals surface area (Å²) in [6.45, 7) is 0.791. The van der Waals surface area contributed by atoms with Crippen LogP contribution in [0.15, 0.2) is 0 Å². The molecule has 1 rings (SSSR count). The molecule has 7 heteroatoms. The molecule has 1 fully saturated rings. The highest BCUT2D eigenvalue weighted by molar-refractivity contribution is 4.93. The van der Waals surface area contributed by atoms with E-state index in [0.29, 0.717) is 13.1 Å². The first-order chi connectivity index (χ1) is 7.61. The molecule has 0 radical (unpaired) electrons. The second kappa shape index (κ2) is 6.45. The molecule has 0 aromatic heterocycles.